The number of anilines is 1. The number of carbonyl (C=O) groups excluding carboxylic acids is 1. The minimum atomic E-state index is -5.08. The Morgan fingerprint density at radius 1 is 1.21 bits per heavy atom. The Kier molecular flexibility index (Phi) is 6.09. The number of esters is 1. The zero-order valence-electron chi connectivity index (χ0n) is 14.1. The zero-order valence-corrected chi connectivity index (χ0v) is 14.8. The number of halogens is 4. The molecule has 3 rings (SSSR count). The van der Waals surface area contributed by atoms with Crippen molar-refractivity contribution in [3.8, 4) is 11.1 Å². The molecular formula is C16H12ClF3N4O4. The molecule has 3 aromatic rings. The van der Waals surface area contributed by atoms with Crippen molar-refractivity contribution in [2.45, 2.75) is 6.18 Å². The van der Waals surface area contributed by atoms with Gasteiger partial charge in [-0.25, -0.2) is 14.1 Å². The molecular weight excluding hydrogens is 405 g/mol. The molecule has 0 spiro atoms. The van der Waals surface area contributed by atoms with E-state index in [0.29, 0.717) is 16.2 Å². The molecule has 2 heterocycles. The van der Waals surface area contributed by atoms with E-state index < -0.39 is 18.1 Å². The SMILES string of the molecule is COC(=O)c1cc(-c2ccn3nc(N)nc3c2)ccc1Cl.O=C(O)C(F)(F)F. The summed E-state index contributed by atoms with van der Waals surface area (Å²) in [5.41, 5.74) is 8.20. The molecule has 2 aromatic heterocycles. The van der Waals surface area contributed by atoms with Gasteiger partial charge in [-0.05, 0) is 35.4 Å². The van der Waals surface area contributed by atoms with Crippen molar-refractivity contribution >= 4 is 35.1 Å². The summed E-state index contributed by atoms with van der Waals surface area (Å²) < 4.78 is 38.0. The van der Waals surface area contributed by atoms with Crippen molar-refractivity contribution in [3.63, 3.8) is 0 Å². The number of aromatic nitrogens is 3. The van der Waals surface area contributed by atoms with Crippen molar-refractivity contribution in [1.29, 1.82) is 0 Å². The van der Waals surface area contributed by atoms with Crippen LogP contribution in [0.25, 0.3) is 16.8 Å². The predicted octanol–water partition coefficient (Wildman–Crippen LogP) is 3.05. The molecule has 0 saturated carbocycles. The molecule has 0 fully saturated rings. The number of nitrogens with zero attached hydrogens (tertiary/aromatic N) is 3. The van der Waals surface area contributed by atoms with Gasteiger partial charge in [-0.3, -0.25) is 0 Å². The van der Waals surface area contributed by atoms with Gasteiger partial charge in [0.15, 0.2) is 5.65 Å². The van der Waals surface area contributed by atoms with Crippen LogP contribution < -0.4 is 5.73 Å². The van der Waals surface area contributed by atoms with Gasteiger partial charge >= 0.3 is 18.1 Å². The molecule has 0 saturated heterocycles. The number of rotatable bonds is 2. The lowest BCUT2D eigenvalue weighted by molar-refractivity contribution is -0.192. The lowest BCUT2D eigenvalue weighted by atomic mass is 10.0. The number of carboxylic acid groups (broad SMARTS) is 1. The van der Waals surface area contributed by atoms with Crippen molar-refractivity contribution in [2.75, 3.05) is 12.8 Å². The fourth-order valence-electron chi connectivity index (χ4n) is 2.05. The quantitative estimate of drug-likeness (QED) is 0.616. The Balaban J connectivity index is 0.000000345. The summed E-state index contributed by atoms with van der Waals surface area (Å²) in [4.78, 5) is 24.7. The number of carbonyl (C=O) groups is 2. The van der Waals surface area contributed by atoms with Crippen LogP contribution in [0.1, 0.15) is 10.4 Å². The zero-order chi connectivity index (χ0) is 21.1. The largest absolute Gasteiger partial charge is 0.490 e. The van der Waals surface area contributed by atoms with Gasteiger partial charge in [-0.15, -0.1) is 5.10 Å². The molecule has 148 valence electrons. The van der Waals surface area contributed by atoms with Crippen LogP contribution >= 0.6 is 11.6 Å². The maximum atomic E-state index is 11.7. The number of pyridine rings is 1. The second kappa shape index (κ2) is 8.13. The third-order valence-corrected chi connectivity index (χ3v) is 3.63. The summed E-state index contributed by atoms with van der Waals surface area (Å²) in [5.74, 6) is -3.03. The lowest BCUT2D eigenvalue weighted by Gasteiger charge is -2.06. The molecule has 0 unspecified atom stereocenters. The van der Waals surface area contributed by atoms with Crippen LogP contribution in [-0.2, 0) is 9.53 Å². The van der Waals surface area contributed by atoms with Crippen LogP contribution in [0, 0.1) is 0 Å². The lowest BCUT2D eigenvalue weighted by Crippen LogP contribution is -2.21. The first-order valence-corrected chi connectivity index (χ1v) is 7.71. The van der Waals surface area contributed by atoms with E-state index in [4.69, 9.17) is 32.0 Å². The summed E-state index contributed by atoms with van der Waals surface area (Å²) in [7, 11) is 1.32. The van der Waals surface area contributed by atoms with Crippen LogP contribution in [0.4, 0.5) is 19.1 Å². The summed E-state index contributed by atoms with van der Waals surface area (Å²) in [6.07, 6.45) is -3.33. The highest BCUT2D eigenvalue weighted by Gasteiger charge is 2.38. The van der Waals surface area contributed by atoms with Gasteiger partial charge < -0.3 is 15.6 Å². The van der Waals surface area contributed by atoms with E-state index in [1.807, 2.05) is 18.2 Å². The Morgan fingerprint density at radius 2 is 1.82 bits per heavy atom. The molecule has 8 nitrogen and oxygen atoms in total. The Morgan fingerprint density at radius 3 is 2.39 bits per heavy atom. The van der Waals surface area contributed by atoms with E-state index in [0.717, 1.165) is 11.1 Å². The number of carboxylic acids is 1. The number of benzene rings is 1. The van der Waals surface area contributed by atoms with Crippen LogP contribution in [0.15, 0.2) is 36.5 Å². The predicted molar refractivity (Wildman–Crippen MR) is 92.9 cm³/mol. The molecule has 0 aliphatic carbocycles. The highest BCUT2D eigenvalue weighted by molar-refractivity contribution is 6.33. The van der Waals surface area contributed by atoms with Gasteiger partial charge in [0.1, 0.15) is 0 Å². The highest BCUT2D eigenvalue weighted by atomic mass is 35.5. The smallest absolute Gasteiger partial charge is 0.475 e. The van der Waals surface area contributed by atoms with Gasteiger partial charge in [0.05, 0.1) is 17.7 Å². The average molecular weight is 417 g/mol. The summed E-state index contributed by atoms with van der Waals surface area (Å²) in [6, 6.07) is 8.84. The number of nitrogen functional groups attached to an aromatic ring is 1. The van der Waals surface area contributed by atoms with Gasteiger partial charge in [0, 0.05) is 6.20 Å². The molecule has 0 radical (unpaired) electrons. The van der Waals surface area contributed by atoms with Crippen molar-refractivity contribution in [1.82, 2.24) is 14.6 Å². The Hall–Kier alpha value is -3.34. The van der Waals surface area contributed by atoms with Crippen molar-refractivity contribution < 1.29 is 32.6 Å². The Labute approximate surface area is 160 Å². The highest BCUT2D eigenvalue weighted by Crippen LogP contribution is 2.26. The van der Waals surface area contributed by atoms with E-state index in [-0.39, 0.29) is 5.95 Å². The minimum absolute atomic E-state index is 0.207. The first-order chi connectivity index (χ1) is 13.0. The van der Waals surface area contributed by atoms with E-state index in [1.165, 1.54) is 7.11 Å². The van der Waals surface area contributed by atoms with Gasteiger partial charge in [0.25, 0.3) is 0 Å². The first kappa shape index (κ1) is 21.0. The molecule has 0 aliphatic heterocycles. The topological polar surface area (TPSA) is 120 Å². The number of nitrogens with two attached hydrogens (primary N) is 1. The number of fused-ring (bicyclic) bond motifs is 1. The fraction of sp³-hybridized carbons (Fsp3) is 0.125. The van der Waals surface area contributed by atoms with Crippen LogP contribution in [-0.4, -0.2) is 44.9 Å². The standard InChI is InChI=1S/C14H11ClN4O2.C2HF3O2/c1-21-13(20)10-6-8(2-3-11(10)15)9-4-5-19-12(7-9)17-14(16)18-19;3-2(4,5)1(6)7/h2-7H,1H3,(H2,16,18);(H,6,7). The average Bonchev–Trinajstić information content (AvgIpc) is 3.00. The van der Waals surface area contributed by atoms with E-state index in [9.17, 15) is 18.0 Å². The molecule has 28 heavy (non-hydrogen) atoms. The number of aliphatic carboxylic acids is 1. The van der Waals surface area contributed by atoms with Crippen LogP contribution in [0.2, 0.25) is 5.02 Å². The van der Waals surface area contributed by atoms with Gasteiger partial charge in [0.2, 0.25) is 5.95 Å². The number of hydrogen-bond acceptors (Lipinski definition) is 6. The fourth-order valence-corrected chi connectivity index (χ4v) is 2.24. The van der Waals surface area contributed by atoms with E-state index in [2.05, 4.69) is 10.1 Å². The van der Waals surface area contributed by atoms with Crippen molar-refractivity contribution in [2.24, 2.45) is 0 Å². The van der Waals surface area contributed by atoms with Crippen LogP contribution in [0.3, 0.4) is 0 Å². The summed E-state index contributed by atoms with van der Waals surface area (Å²) in [6.45, 7) is 0. The number of methoxy groups -OCH3 is 1. The monoisotopic (exact) mass is 416 g/mol. The van der Waals surface area contributed by atoms with Crippen molar-refractivity contribution in [3.05, 3.63) is 47.1 Å². The Bertz CT molecular complexity index is 1040. The second-order valence-electron chi connectivity index (χ2n) is 5.18. The molecule has 0 aliphatic rings. The number of hydrogen-bond donors (Lipinski definition) is 2. The molecule has 0 bridgehead atoms. The minimum Gasteiger partial charge on any atom is -0.475 e. The summed E-state index contributed by atoms with van der Waals surface area (Å²) in [5, 5.41) is 11.5. The normalized spacial score (nSPS) is 10.9. The molecule has 0 atom stereocenters. The molecule has 3 N–H and O–H groups in total. The van der Waals surface area contributed by atoms with Crippen LogP contribution in [0.5, 0.6) is 0 Å². The maximum Gasteiger partial charge on any atom is 0.490 e. The van der Waals surface area contributed by atoms with E-state index in [1.54, 1.807) is 22.8 Å². The summed E-state index contributed by atoms with van der Waals surface area (Å²) >= 11 is 6.01. The van der Waals surface area contributed by atoms with E-state index >= 15 is 0 Å². The second-order valence-corrected chi connectivity index (χ2v) is 5.58. The first-order valence-electron chi connectivity index (χ1n) is 7.33. The van der Waals surface area contributed by atoms with Gasteiger partial charge in [-0.1, -0.05) is 17.7 Å². The molecule has 1 aromatic carbocycles. The molecule has 0 amide bonds. The molecule has 12 heteroatoms. The maximum absolute atomic E-state index is 11.7. The number of alkyl halides is 3. The van der Waals surface area contributed by atoms with Gasteiger partial charge in [-0.2, -0.15) is 18.2 Å². The third kappa shape index (κ3) is 4.88. The number of ether oxygens (including phenoxy) is 1. The third-order valence-electron chi connectivity index (χ3n) is 3.30.